The van der Waals surface area contributed by atoms with Crippen molar-refractivity contribution in [2.24, 2.45) is 0 Å². The first kappa shape index (κ1) is 12.6. The SMILES string of the molecule is CC(O)CNOc1ccccc1-c1ccccc1. The molecule has 0 aromatic heterocycles. The van der Waals surface area contributed by atoms with Gasteiger partial charge in [-0.15, -0.1) is 0 Å². The second-order valence-corrected chi connectivity index (χ2v) is 4.16. The van der Waals surface area contributed by atoms with Crippen LogP contribution < -0.4 is 10.3 Å². The van der Waals surface area contributed by atoms with Gasteiger partial charge in [0.15, 0.2) is 5.75 Å². The van der Waals surface area contributed by atoms with Crippen LogP contribution in [0.2, 0.25) is 0 Å². The summed E-state index contributed by atoms with van der Waals surface area (Å²) in [4.78, 5) is 5.49. The summed E-state index contributed by atoms with van der Waals surface area (Å²) in [5.74, 6) is 0.754. The summed E-state index contributed by atoms with van der Waals surface area (Å²) in [6.07, 6.45) is -0.436. The van der Waals surface area contributed by atoms with E-state index in [1.165, 1.54) is 0 Å². The van der Waals surface area contributed by atoms with E-state index in [1.54, 1.807) is 6.92 Å². The van der Waals surface area contributed by atoms with Crippen molar-refractivity contribution < 1.29 is 9.94 Å². The molecule has 0 saturated heterocycles. The zero-order valence-electron chi connectivity index (χ0n) is 10.3. The van der Waals surface area contributed by atoms with Gasteiger partial charge in [-0.2, -0.15) is 5.48 Å². The maximum atomic E-state index is 9.17. The van der Waals surface area contributed by atoms with E-state index >= 15 is 0 Å². The van der Waals surface area contributed by atoms with Gasteiger partial charge in [0, 0.05) is 5.56 Å². The molecule has 0 spiro atoms. The minimum absolute atomic E-state index is 0.392. The molecule has 0 amide bonds. The number of aliphatic hydroxyl groups excluding tert-OH is 1. The molecule has 0 fully saturated rings. The number of para-hydroxylation sites is 1. The fraction of sp³-hybridized carbons (Fsp3) is 0.200. The van der Waals surface area contributed by atoms with Gasteiger partial charge in [0.2, 0.25) is 0 Å². The zero-order chi connectivity index (χ0) is 12.8. The molecule has 2 N–H and O–H groups in total. The van der Waals surface area contributed by atoms with Crippen molar-refractivity contribution in [3.05, 3.63) is 54.6 Å². The molecular weight excluding hydrogens is 226 g/mol. The van der Waals surface area contributed by atoms with Crippen LogP contribution in [0.1, 0.15) is 6.92 Å². The molecule has 0 aliphatic rings. The third-order valence-corrected chi connectivity index (χ3v) is 2.53. The van der Waals surface area contributed by atoms with Gasteiger partial charge in [0.1, 0.15) is 0 Å². The largest absolute Gasteiger partial charge is 0.408 e. The van der Waals surface area contributed by atoms with Crippen LogP contribution in [0.25, 0.3) is 11.1 Å². The quantitative estimate of drug-likeness (QED) is 0.793. The molecule has 0 aliphatic heterocycles. The standard InChI is InChI=1S/C15H17NO2/c1-12(17)11-16-18-15-10-6-5-9-14(15)13-7-3-2-4-8-13/h2-10,12,16-17H,11H2,1H3. The Kier molecular flexibility index (Phi) is 4.34. The summed E-state index contributed by atoms with van der Waals surface area (Å²) in [5, 5.41) is 9.17. The van der Waals surface area contributed by atoms with E-state index in [4.69, 9.17) is 4.84 Å². The van der Waals surface area contributed by atoms with Crippen molar-refractivity contribution in [2.45, 2.75) is 13.0 Å². The number of hydroxylamine groups is 1. The summed E-state index contributed by atoms with van der Waals surface area (Å²) < 4.78 is 0. The molecule has 2 rings (SSSR count). The molecule has 0 bridgehead atoms. The molecule has 0 saturated carbocycles. The third kappa shape index (κ3) is 3.32. The Morgan fingerprint density at radius 3 is 2.44 bits per heavy atom. The van der Waals surface area contributed by atoms with Crippen LogP contribution in [0, 0.1) is 0 Å². The molecule has 1 unspecified atom stereocenters. The maximum Gasteiger partial charge on any atom is 0.154 e. The summed E-state index contributed by atoms with van der Waals surface area (Å²) in [7, 11) is 0. The Labute approximate surface area is 107 Å². The van der Waals surface area contributed by atoms with E-state index < -0.39 is 6.10 Å². The minimum Gasteiger partial charge on any atom is -0.408 e. The highest BCUT2D eigenvalue weighted by Crippen LogP contribution is 2.28. The van der Waals surface area contributed by atoms with Gasteiger partial charge in [-0.25, -0.2) is 0 Å². The van der Waals surface area contributed by atoms with Crippen LogP contribution in [0.5, 0.6) is 5.75 Å². The number of rotatable bonds is 5. The minimum atomic E-state index is -0.436. The lowest BCUT2D eigenvalue weighted by molar-refractivity contribution is 0.119. The van der Waals surface area contributed by atoms with Crippen molar-refractivity contribution in [3.8, 4) is 16.9 Å². The van der Waals surface area contributed by atoms with E-state index in [9.17, 15) is 5.11 Å². The lowest BCUT2D eigenvalue weighted by atomic mass is 10.1. The predicted octanol–water partition coefficient (Wildman–Crippen LogP) is 2.62. The summed E-state index contributed by atoms with van der Waals surface area (Å²) in [6, 6.07) is 17.9. The summed E-state index contributed by atoms with van der Waals surface area (Å²) >= 11 is 0. The molecule has 0 heterocycles. The van der Waals surface area contributed by atoms with Crippen LogP contribution in [0.15, 0.2) is 54.6 Å². The van der Waals surface area contributed by atoms with Gasteiger partial charge < -0.3 is 9.94 Å². The summed E-state index contributed by atoms with van der Waals surface area (Å²) in [6.45, 7) is 2.10. The molecule has 0 aliphatic carbocycles. The molecule has 0 radical (unpaired) electrons. The molecular formula is C15H17NO2. The van der Waals surface area contributed by atoms with E-state index in [2.05, 4.69) is 5.48 Å². The van der Waals surface area contributed by atoms with Crippen LogP contribution in [0.3, 0.4) is 0 Å². The van der Waals surface area contributed by atoms with E-state index in [1.807, 2.05) is 54.6 Å². The molecule has 94 valence electrons. The second kappa shape index (κ2) is 6.19. The Hall–Kier alpha value is -1.84. The molecule has 2 aromatic rings. The first-order chi connectivity index (χ1) is 8.77. The monoisotopic (exact) mass is 243 g/mol. The van der Waals surface area contributed by atoms with Gasteiger partial charge in [0.25, 0.3) is 0 Å². The van der Waals surface area contributed by atoms with E-state index in [-0.39, 0.29) is 0 Å². The Morgan fingerprint density at radius 1 is 1.06 bits per heavy atom. The number of hydrogen-bond acceptors (Lipinski definition) is 3. The van der Waals surface area contributed by atoms with Crippen molar-refractivity contribution in [1.29, 1.82) is 0 Å². The highest BCUT2D eigenvalue weighted by molar-refractivity contribution is 5.70. The normalized spacial score (nSPS) is 12.1. The van der Waals surface area contributed by atoms with E-state index in [0.29, 0.717) is 6.54 Å². The Bertz CT molecular complexity index is 483. The Balaban J connectivity index is 2.16. The van der Waals surface area contributed by atoms with Gasteiger partial charge in [0.05, 0.1) is 12.6 Å². The van der Waals surface area contributed by atoms with Gasteiger partial charge in [-0.1, -0.05) is 48.5 Å². The molecule has 18 heavy (non-hydrogen) atoms. The molecule has 3 nitrogen and oxygen atoms in total. The lowest BCUT2D eigenvalue weighted by Crippen LogP contribution is -2.27. The molecule has 3 heteroatoms. The van der Waals surface area contributed by atoms with Gasteiger partial charge in [-0.05, 0) is 18.6 Å². The summed E-state index contributed by atoms with van der Waals surface area (Å²) in [5.41, 5.74) is 4.89. The highest BCUT2D eigenvalue weighted by Gasteiger charge is 2.05. The fourth-order valence-corrected chi connectivity index (χ4v) is 1.65. The number of aliphatic hydroxyl groups is 1. The van der Waals surface area contributed by atoms with Crippen LogP contribution in [0.4, 0.5) is 0 Å². The van der Waals surface area contributed by atoms with Gasteiger partial charge >= 0.3 is 0 Å². The fourth-order valence-electron chi connectivity index (χ4n) is 1.65. The van der Waals surface area contributed by atoms with Crippen molar-refractivity contribution in [3.63, 3.8) is 0 Å². The maximum absolute atomic E-state index is 9.17. The smallest absolute Gasteiger partial charge is 0.154 e. The topological polar surface area (TPSA) is 41.5 Å². The highest BCUT2D eigenvalue weighted by atomic mass is 16.6. The average Bonchev–Trinajstić information content (AvgIpc) is 2.40. The predicted molar refractivity (Wildman–Crippen MR) is 72.2 cm³/mol. The lowest BCUT2D eigenvalue weighted by Gasteiger charge is -2.12. The molecule has 2 aromatic carbocycles. The van der Waals surface area contributed by atoms with Crippen molar-refractivity contribution in [1.82, 2.24) is 5.48 Å². The van der Waals surface area contributed by atoms with Crippen LogP contribution in [-0.4, -0.2) is 17.8 Å². The Morgan fingerprint density at radius 2 is 1.72 bits per heavy atom. The van der Waals surface area contributed by atoms with Crippen LogP contribution >= 0.6 is 0 Å². The average molecular weight is 243 g/mol. The second-order valence-electron chi connectivity index (χ2n) is 4.16. The van der Waals surface area contributed by atoms with Crippen molar-refractivity contribution >= 4 is 0 Å². The molecule has 1 atom stereocenters. The van der Waals surface area contributed by atoms with Crippen molar-refractivity contribution in [2.75, 3.05) is 6.54 Å². The number of hydrogen-bond donors (Lipinski definition) is 2. The third-order valence-electron chi connectivity index (χ3n) is 2.53. The van der Waals surface area contributed by atoms with E-state index in [0.717, 1.165) is 16.9 Å². The first-order valence-electron chi connectivity index (χ1n) is 5.99. The van der Waals surface area contributed by atoms with Gasteiger partial charge in [-0.3, -0.25) is 0 Å². The number of benzene rings is 2. The number of nitrogens with one attached hydrogen (secondary N) is 1. The zero-order valence-corrected chi connectivity index (χ0v) is 10.3. The van der Waals surface area contributed by atoms with Crippen LogP contribution in [-0.2, 0) is 0 Å². The first-order valence-corrected chi connectivity index (χ1v) is 5.99.